The number of carbonyl (C=O) groups excluding carboxylic acids is 1. The third-order valence-electron chi connectivity index (χ3n) is 1.77. The second-order valence-electron chi connectivity index (χ2n) is 2.95. The van der Waals surface area contributed by atoms with E-state index in [1.54, 1.807) is 6.92 Å². The summed E-state index contributed by atoms with van der Waals surface area (Å²) in [6.07, 6.45) is -0.517. The monoisotopic (exact) mass is 260 g/mol. The van der Waals surface area contributed by atoms with Gasteiger partial charge < -0.3 is 4.74 Å². The first-order valence-corrected chi connectivity index (χ1v) is 4.92. The van der Waals surface area contributed by atoms with Gasteiger partial charge in [0, 0.05) is 0 Å². The Kier molecular flexibility index (Phi) is 3.63. The summed E-state index contributed by atoms with van der Waals surface area (Å²) in [5.41, 5.74) is 0. The van der Waals surface area contributed by atoms with Crippen LogP contribution in [-0.4, -0.2) is 11.9 Å². The molecule has 76 valence electrons. The quantitative estimate of drug-likeness (QED) is 0.836. The zero-order valence-corrected chi connectivity index (χ0v) is 9.47. The Morgan fingerprint density at radius 2 is 2.21 bits per heavy atom. The van der Waals surface area contributed by atoms with E-state index in [9.17, 15) is 9.18 Å². The highest BCUT2D eigenvalue weighted by Crippen LogP contribution is 2.26. The van der Waals surface area contributed by atoms with Gasteiger partial charge in [0.25, 0.3) is 0 Å². The third-order valence-corrected chi connectivity index (χ3v) is 2.39. The number of rotatable bonds is 3. The molecule has 0 aromatic heterocycles. The molecule has 2 nitrogen and oxygen atoms in total. The average Bonchev–Trinajstić information content (AvgIpc) is 2.09. The summed E-state index contributed by atoms with van der Waals surface area (Å²) in [5, 5.41) is 0. The Bertz CT molecular complexity index is 352. The molecule has 0 fully saturated rings. The van der Waals surface area contributed by atoms with Crippen molar-refractivity contribution in [3.8, 4) is 5.75 Å². The zero-order valence-electron chi connectivity index (χ0n) is 7.88. The molecule has 1 aromatic rings. The van der Waals surface area contributed by atoms with Gasteiger partial charge in [0.15, 0.2) is 11.9 Å². The van der Waals surface area contributed by atoms with Crippen molar-refractivity contribution < 1.29 is 13.9 Å². The maximum absolute atomic E-state index is 12.7. The van der Waals surface area contributed by atoms with Crippen LogP contribution < -0.4 is 4.74 Å². The highest BCUT2D eigenvalue weighted by atomic mass is 79.9. The summed E-state index contributed by atoms with van der Waals surface area (Å²) in [4.78, 5) is 10.9. The van der Waals surface area contributed by atoms with Gasteiger partial charge in [-0.15, -0.1) is 0 Å². The Morgan fingerprint density at radius 1 is 1.57 bits per heavy atom. The Labute approximate surface area is 90.2 Å². The average molecular weight is 261 g/mol. The largest absolute Gasteiger partial charge is 0.482 e. The van der Waals surface area contributed by atoms with E-state index in [-0.39, 0.29) is 11.6 Å². The number of benzene rings is 1. The minimum atomic E-state index is -0.517. The van der Waals surface area contributed by atoms with Gasteiger partial charge in [0.1, 0.15) is 11.6 Å². The normalized spacial score (nSPS) is 12.3. The van der Waals surface area contributed by atoms with Crippen LogP contribution in [0.2, 0.25) is 0 Å². The van der Waals surface area contributed by atoms with Gasteiger partial charge in [-0.2, -0.15) is 0 Å². The molecule has 1 aromatic carbocycles. The smallest absolute Gasteiger partial charge is 0.169 e. The number of ether oxygens (including phenoxy) is 1. The van der Waals surface area contributed by atoms with Gasteiger partial charge in [-0.25, -0.2) is 4.39 Å². The lowest BCUT2D eigenvalue weighted by molar-refractivity contribution is -0.122. The molecule has 1 atom stereocenters. The molecule has 4 heteroatoms. The van der Waals surface area contributed by atoms with Crippen LogP contribution in [0.1, 0.15) is 13.8 Å². The van der Waals surface area contributed by atoms with Crippen molar-refractivity contribution in [2.75, 3.05) is 0 Å². The zero-order chi connectivity index (χ0) is 10.7. The molecule has 0 radical (unpaired) electrons. The number of carbonyl (C=O) groups is 1. The first-order chi connectivity index (χ1) is 6.50. The summed E-state index contributed by atoms with van der Waals surface area (Å²) >= 11 is 3.15. The topological polar surface area (TPSA) is 26.3 Å². The number of ketones is 1. The van der Waals surface area contributed by atoms with Crippen LogP contribution in [0.5, 0.6) is 5.75 Å². The molecule has 0 aliphatic carbocycles. The van der Waals surface area contributed by atoms with Gasteiger partial charge in [-0.05, 0) is 48.0 Å². The number of Topliss-reactive ketones (excluding diaryl/α,β-unsaturated/α-hetero) is 1. The van der Waals surface area contributed by atoms with Crippen molar-refractivity contribution in [2.24, 2.45) is 0 Å². The van der Waals surface area contributed by atoms with Crippen molar-refractivity contribution in [3.63, 3.8) is 0 Å². The van der Waals surface area contributed by atoms with E-state index in [1.165, 1.54) is 25.1 Å². The summed E-state index contributed by atoms with van der Waals surface area (Å²) in [5.74, 6) is 0.0510. The fraction of sp³-hybridized carbons (Fsp3) is 0.300. The minimum absolute atomic E-state index is 0.0683. The number of halogens is 2. The second-order valence-corrected chi connectivity index (χ2v) is 3.80. The predicted octanol–water partition coefficient (Wildman–Crippen LogP) is 2.94. The van der Waals surface area contributed by atoms with Crippen molar-refractivity contribution in [1.29, 1.82) is 0 Å². The van der Waals surface area contributed by atoms with Gasteiger partial charge in [0.2, 0.25) is 0 Å². The molecule has 0 N–H and O–H groups in total. The molecule has 0 saturated heterocycles. The SMILES string of the molecule is CC(=O)C(C)Oc1ccc(F)cc1Br. The Balaban J connectivity index is 2.82. The molecule has 0 saturated carbocycles. The molecule has 0 bridgehead atoms. The van der Waals surface area contributed by atoms with Crippen molar-refractivity contribution in [1.82, 2.24) is 0 Å². The van der Waals surface area contributed by atoms with Crippen LogP contribution in [0.4, 0.5) is 4.39 Å². The van der Waals surface area contributed by atoms with E-state index in [0.29, 0.717) is 10.2 Å². The number of hydrogen-bond acceptors (Lipinski definition) is 2. The fourth-order valence-electron chi connectivity index (χ4n) is 0.844. The predicted molar refractivity (Wildman–Crippen MR) is 54.9 cm³/mol. The summed E-state index contributed by atoms with van der Waals surface area (Å²) in [6.45, 7) is 3.10. The van der Waals surface area contributed by atoms with E-state index in [1.807, 2.05) is 0 Å². The van der Waals surface area contributed by atoms with Gasteiger partial charge in [0.05, 0.1) is 4.47 Å². The van der Waals surface area contributed by atoms with E-state index in [0.717, 1.165) is 0 Å². The molecule has 0 aliphatic heterocycles. The Hall–Kier alpha value is -0.900. The van der Waals surface area contributed by atoms with Crippen LogP contribution in [0.3, 0.4) is 0 Å². The van der Waals surface area contributed by atoms with E-state index >= 15 is 0 Å². The van der Waals surface area contributed by atoms with E-state index < -0.39 is 6.10 Å². The maximum Gasteiger partial charge on any atom is 0.169 e. The van der Waals surface area contributed by atoms with E-state index in [4.69, 9.17) is 4.74 Å². The molecule has 0 aliphatic rings. The maximum atomic E-state index is 12.7. The van der Waals surface area contributed by atoms with E-state index in [2.05, 4.69) is 15.9 Å². The van der Waals surface area contributed by atoms with Gasteiger partial charge >= 0.3 is 0 Å². The lowest BCUT2D eigenvalue weighted by Crippen LogP contribution is -2.20. The fourth-order valence-corrected chi connectivity index (χ4v) is 1.29. The second kappa shape index (κ2) is 4.55. The molecule has 0 heterocycles. The molecule has 0 amide bonds. The highest BCUT2D eigenvalue weighted by molar-refractivity contribution is 9.10. The molecule has 1 rings (SSSR count). The standard InChI is InChI=1S/C10H10BrFO2/c1-6(13)7(2)14-10-4-3-8(12)5-9(10)11/h3-5,7H,1-2H3. The van der Waals surface area contributed by atoms with Crippen LogP contribution in [0.25, 0.3) is 0 Å². The molecular weight excluding hydrogens is 251 g/mol. The van der Waals surface area contributed by atoms with Crippen molar-refractivity contribution in [3.05, 3.63) is 28.5 Å². The van der Waals surface area contributed by atoms with Crippen LogP contribution in [0.15, 0.2) is 22.7 Å². The lowest BCUT2D eigenvalue weighted by Gasteiger charge is -2.12. The summed E-state index contributed by atoms with van der Waals surface area (Å²) in [7, 11) is 0. The number of hydrogen-bond donors (Lipinski definition) is 0. The van der Waals surface area contributed by atoms with Crippen LogP contribution in [-0.2, 0) is 4.79 Å². The molecule has 0 spiro atoms. The molecular formula is C10H10BrFO2. The summed E-state index contributed by atoms with van der Waals surface area (Å²) < 4.78 is 18.5. The third kappa shape index (κ3) is 2.80. The molecule has 14 heavy (non-hydrogen) atoms. The first-order valence-electron chi connectivity index (χ1n) is 4.13. The van der Waals surface area contributed by atoms with Gasteiger partial charge in [-0.3, -0.25) is 4.79 Å². The van der Waals surface area contributed by atoms with Crippen molar-refractivity contribution in [2.45, 2.75) is 20.0 Å². The Morgan fingerprint density at radius 3 is 2.71 bits per heavy atom. The van der Waals surface area contributed by atoms with Gasteiger partial charge in [-0.1, -0.05) is 0 Å². The minimum Gasteiger partial charge on any atom is -0.482 e. The highest BCUT2D eigenvalue weighted by Gasteiger charge is 2.11. The first kappa shape index (κ1) is 11.2. The lowest BCUT2D eigenvalue weighted by atomic mass is 10.3. The summed E-state index contributed by atoms with van der Waals surface area (Å²) in [6, 6.07) is 4.06. The van der Waals surface area contributed by atoms with Crippen LogP contribution >= 0.6 is 15.9 Å². The molecule has 1 unspecified atom stereocenters. The van der Waals surface area contributed by atoms with Crippen molar-refractivity contribution >= 4 is 21.7 Å². The van der Waals surface area contributed by atoms with Crippen LogP contribution in [0, 0.1) is 5.82 Å².